The number of hydrogen-bond donors (Lipinski definition) is 1. The minimum atomic E-state index is -4.52. The molecule has 2 heterocycles. The number of rotatable bonds is 3. The lowest BCUT2D eigenvalue weighted by Crippen LogP contribution is -2.11. The number of alkyl halides is 3. The average Bonchev–Trinajstić information content (AvgIpc) is 3.26. The Kier molecular flexibility index (Phi) is 4.63. The zero-order valence-electron chi connectivity index (χ0n) is 13.7. The van der Waals surface area contributed by atoms with Crippen LogP contribution in [0.1, 0.15) is 21.1 Å². The van der Waals surface area contributed by atoms with E-state index in [9.17, 15) is 18.0 Å². The normalized spacial score (nSPS) is 11.2. The second-order valence-corrected chi connectivity index (χ2v) is 6.22. The van der Waals surface area contributed by atoms with E-state index in [1.54, 1.807) is 24.3 Å². The molecule has 0 bridgehead atoms. The highest BCUT2D eigenvalue weighted by molar-refractivity contribution is 7.10. The summed E-state index contributed by atoms with van der Waals surface area (Å²) in [6.07, 6.45) is -3.15. The predicted molar refractivity (Wildman–Crippen MR) is 92.3 cm³/mol. The molecule has 6 nitrogen and oxygen atoms in total. The van der Waals surface area contributed by atoms with Crippen molar-refractivity contribution in [2.75, 3.05) is 12.8 Å². The lowest BCUT2D eigenvalue weighted by Gasteiger charge is -2.09. The van der Waals surface area contributed by atoms with E-state index < -0.39 is 17.2 Å². The number of aromatic nitrogens is 2. The maximum absolute atomic E-state index is 12.8. The first-order chi connectivity index (χ1) is 12.8. The fourth-order valence-electron chi connectivity index (χ4n) is 2.47. The topological polar surface area (TPSA) is 93.9 Å². The Morgan fingerprint density at radius 1 is 1.41 bits per heavy atom. The summed E-state index contributed by atoms with van der Waals surface area (Å²) >= 11 is 0.495. The van der Waals surface area contributed by atoms with E-state index in [-0.39, 0.29) is 22.6 Å². The molecule has 0 amide bonds. The van der Waals surface area contributed by atoms with Crippen molar-refractivity contribution in [1.82, 2.24) is 9.55 Å². The Morgan fingerprint density at radius 2 is 2.15 bits per heavy atom. The number of ether oxygens (including phenoxy) is 1. The third-order valence-corrected chi connectivity index (χ3v) is 4.60. The summed E-state index contributed by atoms with van der Waals surface area (Å²) in [6.45, 7) is 0. The SMILES string of the molecule is COC(=O)c1c(N)c(C#N)cn1-c1cccc(-c2csc(C(F)(F)F)n2)c1. The van der Waals surface area contributed by atoms with Crippen LogP contribution in [0, 0.1) is 11.3 Å². The van der Waals surface area contributed by atoms with Crippen LogP contribution in [0.25, 0.3) is 16.9 Å². The number of esters is 1. The lowest BCUT2D eigenvalue weighted by molar-refractivity contribution is -0.137. The molecule has 0 saturated heterocycles. The molecule has 0 aliphatic rings. The molecule has 0 aliphatic carbocycles. The van der Waals surface area contributed by atoms with Gasteiger partial charge in [0.1, 0.15) is 6.07 Å². The molecular weight excluding hydrogens is 381 g/mol. The highest BCUT2D eigenvalue weighted by Gasteiger charge is 2.34. The van der Waals surface area contributed by atoms with Gasteiger partial charge in [0.05, 0.1) is 24.1 Å². The third kappa shape index (κ3) is 3.37. The summed E-state index contributed by atoms with van der Waals surface area (Å²) < 4.78 is 44.4. The zero-order chi connectivity index (χ0) is 19.8. The Morgan fingerprint density at radius 3 is 2.74 bits per heavy atom. The van der Waals surface area contributed by atoms with Gasteiger partial charge in [-0.05, 0) is 12.1 Å². The number of nitriles is 1. The van der Waals surface area contributed by atoms with Crippen molar-refractivity contribution in [2.45, 2.75) is 6.18 Å². The van der Waals surface area contributed by atoms with E-state index in [0.717, 1.165) is 0 Å². The number of carbonyl (C=O) groups excluding carboxylic acids is 1. The van der Waals surface area contributed by atoms with Crippen LogP contribution in [-0.2, 0) is 10.9 Å². The Bertz CT molecular complexity index is 1060. The van der Waals surface area contributed by atoms with E-state index >= 15 is 0 Å². The van der Waals surface area contributed by atoms with Crippen LogP contribution in [-0.4, -0.2) is 22.6 Å². The van der Waals surface area contributed by atoms with Gasteiger partial charge in [-0.15, -0.1) is 11.3 Å². The fourth-order valence-corrected chi connectivity index (χ4v) is 3.17. The number of nitrogens with two attached hydrogens (primary N) is 1. The number of hydrogen-bond acceptors (Lipinski definition) is 6. The number of nitrogen functional groups attached to an aromatic ring is 1. The number of nitrogens with zero attached hydrogens (tertiary/aromatic N) is 3. The molecule has 27 heavy (non-hydrogen) atoms. The highest BCUT2D eigenvalue weighted by Crippen LogP contribution is 2.35. The summed E-state index contributed by atoms with van der Waals surface area (Å²) in [5, 5.41) is 9.51. The number of benzene rings is 1. The van der Waals surface area contributed by atoms with Crippen molar-refractivity contribution in [3.05, 3.63) is 52.1 Å². The van der Waals surface area contributed by atoms with Crippen LogP contribution in [0.3, 0.4) is 0 Å². The van der Waals surface area contributed by atoms with Gasteiger partial charge < -0.3 is 15.0 Å². The molecule has 2 aromatic heterocycles. The molecule has 3 aromatic rings. The average molecular weight is 392 g/mol. The Hall–Kier alpha value is -3.32. The number of halogens is 3. The number of anilines is 1. The van der Waals surface area contributed by atoms with Crippen molar-refractivity contribution in [3.8, 4) is 23.0 Å². The second kappa shape index (κ2) is 6.77. The van der Waals surface area contributed by atoms with Gasteiger partial charge in [0.15, 0.2) is 10.7 Å². The number of carbonyl (C=O) groups is 1. The molecule has 10 heteroatoms. The molecular formula is C17H11F3N4O2S. The first-order valence-corrected chi connectivity index (χ1v) is 8.27. The molecule has 0 radical (unpaired) electrons. The largest absolute Gasteiger partial charge is 0.464 e. The van der Waals surface area contributed by atoms with E-state index in [1.165, 1.54) is 23.3 Å². The van der Waals surface area contributed by atoms with E-state index in [4.69, 9.17) is 15.7 Å². The predicted octanol–water partition coefficient (Wildman–Crippen LogP) is 3.86. The molecule has 138 valence electrons. The van der Waals surface area contributed by atoms with Crippen LogP contribution < -0.4 is 5.73 Å². The van der Waals surface area contributed by atoms with Crippen LogP contribution in [0.5, 0.6) is 0 Å². The van der Waals surface area contributed by atoms with Crippen LogP contribution >= 0.6 is 11.3 Å². The van der Waals surface area contributed by atoms with Crippen LogP contribution in [0.2, 0.25) is 0 Å². The van der Waals surface area contributed by atoms with Gasteiger partial charge in [-0.3, -0.25) is 0 Å². The Labute approximate surface area is 155 Å². The first kappa shape index (κ1) is 18.5. The van der Waals surface area contributed by atoms with Gasteiger partial charge in [0, 0.05) is 22.8 Å². The smallest absolute Gasteiger partial charge is 0.443 e. The maximum Gasteiger partial charge on any atom is 0.443 e. The molecule has 0 aliphatic heterocycles. The molecule has 0 atom stereocenters. The van der Waals surface area contributed by atoms with E-state index in [2.05, 4.69) is 4.98 Å². The minimum absolute atomic E-state index is 0.0391. The minimum Gasteiger partial charge on any atom is -0.464 e. The van der Waals surface area contributed by atoms with Gasteiger partial charge in [-0.1, -0.05) is 12.1 Å². The van der Waals surface area contributed by atoms with Crippen molar-refractivity contribution in [3.63, 3.8) is 0 Å². The van der Waals surface area contributed by atoms with Gasteiger partial charge in [-0.2, -0.15) is 18.4 Å². The summed E-state index contributed by atoms with van der Waals surface area (Å²) in [4.78, 5) is 15.7. The highest BCUT2D eigenvalue weighted by atomic mass is 32.1. The fraction of sp³-hybridized carbons (Fsp3) is 0.118. The molecule has 2 N–H and O–H groups in total. The summed E-state index contributed by atoms with van der Waals surface area (Å²) in [7, 11) is 1.18. The number of thiazole rings is 1. The Balaban J connectivity index is 2.11. The summed E-state index contributed by atoms with van der Waals surface area (Å²) in [5.74, 6) is -0.743. The molecule has 0 spiro atoms. The third-order valence-electron chi connectivity index (χ3n) is 3.71. The quantitative estimate of drug-likeness (QED) is 0.683. The molecule has 1 aromatic carbocycles. The number of methoxy groups -OCH3 is 1. The van der Waals surface area contributed by atoms with E-state index in [0.29, 0.717) is 22.6 Å². The molecule has 0 fully saturated rings. The molecule has 0 unspecified atom stereocenters. The van der Waals surface area contributed by atoms with Crippen molar-refractivity contribution in [1.29, 1.82) is 5.26 Å². The second-order valence-electron chi connectivity index (χ2n) is 5.36. The van der Waals surface area contributed by atoms with E-state index in [1.807, 2.05) is 6.07 Å². The standard InChI is InChI=1S/C17H11F3N4O2S/c1-26-15(25)14-13(22)10(6-21)7-24(14)11-4-2-3-9(5-11)12-8-27-16(23-12)17(18,19)20/h2-5,7-8H,22H2,1H3. The van der Waals surface area contributed by atoms with Crippen molar-refractivity contribution in [2.24, 2.45) is 0 Å². The zero-order valence-corrected chi connectivity index (χ0v) is 14.6. The van der Waals surface area contributed by atoms with Gasteiger partial charge in [0.2, 0.25) is 0 Å². The van der Waals surface area contributed by atoms with Crippen molar-refractivity contribution >= 4 is 23.0 Å². The molecule has 3 rings (SSSR count). The van der Waals surface area contributed by atoms with Crippen LogP contribution in [0.4, 0.5) is 18.9 Å². The van der Waals surface area contributed by atoms with Gasteiger partial charge in [0.25, 0.3) is 0 Å². The van der Waals surface area contributed by atoms with Crippen molar-refractivity contribution < 1.29 is 22.7 Å². The monoisotopic (exact) mass is 392 g/mol. The summed E-state index contributed by atoms with van der Waals surface area (Å²) in [5.41, 5.74) is 6.83. The molecule has 0 saturated carbocycles. The van der Waals surface area contributed by atoms with Crippen LogP contribution in [0.15, 0.2) is 35.8 Å². The summed E-state index contributed by atoms with van der Waals surface area (Å²) in [6, 6.07) is 8.23. The lowest BCUT2D eigenvalue weighted by atomic mass is 10.1. The van der Waals surface area contributed by atoms with Gasteiger partial charge >= 0.3 is 12.1 Å². The maximum atomic E-state index is 12.8. The first-order valence-electron chi connectivity index (χ1n) is 7.39. The van der Waals surface area contributed by atoms with Gasteiger partial charge in [-0.25, -0.2) is 9.78 Å².